The van der Waals surface area contributed by atoms with Crippen LogP contribution in [0.2, 0.25) is 5.02 Å². The highest BCUT2D eigenvalue weighted by Gasteiger charge is 2.15. The summed E-state index contributed by atoms with van der Waals surface area (Å²) in [5.74, 6) is 0.464. The summed E-state index contributed by atoms with van der Waals surface area (Å²) in [6.07, 6.45) is 0.897. The molecule has 0 unspecified atom stereocenters. The van der Waals surface area contributed by atoms with Crippen LogP contribution in [0.15, 0.2) is 42.5 Å². The van der Waals surface area contributed by atoms with E-state index in [-0.39, 0.29) is 5.78 Å². The quantitative estimate of drug-likeness (QED) is 0.783. The van der Waals surface area contributed by atoms with E-state index in [2.05, 4.69) is 6.92 Å². The lowest BCUT2D eigenvalue weighted by Gasteiger charge is -2.09. The Bertz CT molecular complexity index is 605. The van der Waals surface area contributed by atoms with Gasteiger partial charge in [0.05, 0.1) is 12.7 Å². The van der Waals surface area contributed by atoms with Crippen molar-refractivity contribution in [2.45, 2.75) is 13.3 Å². The summed E-state index contributed by atoms with van der Waals surface area (Å²) in [5, 5.41) is 0.524. The van der Waals surface area contributed by atoms with Crippen LogP contribution in [0.3, 0.4) is 0 Å². The fraction of sp³-hybridized carbons (Fsp3) is 0.188. The van der Waals surface area contributed by atoms with E-state index in [9.17, 15) is 4.79 Å². The summed E-state index contributed by atoms with van der Waals surface area (Å²) < 4.78 is 5.22. The number of carbonyl (C=O) groups is 1. The fourth-order valence-electron chi connectivity index (χ4n) is 1.95. The van der Waals surface area contributed by atoms with Gasteiger partial charge in [0.25, 0.3) is 0 Å². The number of hydrogen-bond donors (Lipinski definition) is 0. The lowest BCUT2D eigenvalue weighted by molar-refractivity contribution is 0.103. The molecule has 2 aromatic carbocycles. The van der Waals surface area contributed by atoms with Crippen LogP contribution in [0.4, 0.5) is 0 Å². The molecule has 0 saturated heterocycles. The van der Waals surface area contributed by atoms with E-state index >= 15 is 0 Å². The first kappa shape index (κ1) is 13.6. The highest BCUT2D eigenvalue weighted by atomic mass is 35.5. The summed E-state index contributed by atoms with van der Waals surface area (Å²) in [7, 11) is 1.54. The van der Waals surface area contributed by atoms with Crippen LogP contribution in [-0.2, 0) is 6.42 Å². The Hall–Kier alpha value is -1.80. The molecule has 19 heavy (non-hydrogen) atoms. The molecule has 2 aromatic rings. The van der Waals surface area contributed by atoms with Crippen molar-refractivity contribution in [1.82, 2.24) is 0 Å². The number of hydrogen-bond acceptors (Lipinski definition) is 2. The maximum absolute atomic E-state index is 12.5. The molecule has 0 bridgehead atoms. The monoisotopic (exact) mass is 274 g/mol. The van der Waals surface area contributed by atoms with Gasteiger partial charge in [-0.2, -0.15) is 0 Å². The van der Waals surface area contributed by atoms with E-state index in [0.717, 1.165) is 12.0 Å². The number of ketones is 1. The molecule has 0 radical (unpaired) electrons. The van der Waals surface area contributed by atoms with Crippen molar-refractivity contribution < 1.29 is 9.53 Å². The highest BCUT2D eigenvalue weighted by molar-refractivity contribution is 6.31. The van der Waals surface area contributed by atoms with Gasteiger partial charge in [-0.3, -0.25) is 4.79 Å². The molecule has 0 heterocycles. The topological polar surface area (TPSA) is 26.3 Å². The number of halogens is 1. The predicted octanol–water partition coefficient (Wildman–Crippen LogP) is 4.14. The van der Waals surface area contributed by atoms with Crippen molar-refractivity contribution in [3.8, 4) is 5.75 Å². The zero-order chi connectivity index (χ0) is 13.8. The van der Waals surface area contributed by atoms with Gasteiger partial charge in [0, 0.05) is 10.6 Å². The van der Waals surface area contributed by atoms with Crippen molar-refractivity contribution in [3.05, 3.63) is 64.2 Å². The van der Waals surface area contributed by atoms with E-state index < -0.39 is 0 Å². The maximum Gasteiger partial charge on any atom is 0.196 e. The molecule has 0 saturated carbocycles. The van der Waals surface area contributed by atoms with Crippen LogP contribution in [0.1, 0.15) is 28.4 Å². The van der Waals surface area contributed by atoms with Crippen molar-refractivity contribution >= 4 is 17.4 Å². The van der Waals surface area contributed by atoms with Crippen molar-refractivity contribution in [2.24, 2.45) is 0 Å². The minimum absolute atomic E-state index is 0.0744. The molecule has 0 atom stereocenters. The summed E-state index contributed by atoms with van der Waals surface area (Å²) in [6, 6.07) is 12.7. The Balaban J connectivity index is 2.46. The van der Waals surface area contributed by atoms with E-state index in [4.69, 9.17) is 16.3 Å². The first-order valence-corrected chi connectivity index (χ1v) is 6.50. The molecule has 2 nitrogen and oxygen atoms in total. The average molecular weight is 275 g/mol. The molecule has 0 fully saturated rings. The average Bonchev–Trinajstić information content (AvgIpc) is 2.46. The molecule has 0 N–H and O–H groups in total. The van der Waals surface area contributed by atoms with Crippen LogP contribution < -0.4 is 4.74 Å². The molecule has 0 aromatic heterocycles. The molecule has 3 heteroatoms. The Labute approximate surface area is 118 Å². The number of carbonyl (C=O) groups excluding carboxylic acids is 1. The number of ether oxygens (including phenoxy) is 1. The van der Waals surface area contributed by atoms with E-state index in [0.29, 0.717) is 21.9 Å². The zero-order valence-electron chi connectivity index (χ0n) is 10.9. The Morgan fingerprint density at radius 2 is 2.00 bits per heavy atom. The third-order valence-corrected chi connectivity index (χ3v) is 3.24. The fourth-order valence-corrected chi connectivity index (χ4v) is 2.12. The van der Waals surface area contributed by atoms with Gasteiger partial charge < -0.3 is 4.74 Å². The minimum atomic E-state index is -0.0744. The molecular weight excluding hydrogens is 260 g/mol. The summed E-state index contributed by atoms with van der Waals surface area (Å²) in [4.78, 5) is 12.5. The van der Waals surface area contributed by atoms with Crippen LogP contribution in [0.5, 0.6) is 5.75 Å². The smallest absolute Gasteiger partial charge is 0.196 e. The lowest BCUT2D eigenvalue weighted by atomic mass is 10.00. The third-order valence-electron chi connectivity index (χ3n) is 3.00. The lowest BCUT2D eigenvalue weighted by Crippen LogP contribution is -2.04. The summed E-state index contributed by atoms with van der Waals surface area (Å²) in [5.41, 5.74) is 2.27. The third kappa shape index (κ3) is 2.96. The van der Waals surface area contributed by atoms with Crippen LogP contribution in [0, 0.1) is 0 Å². The van der Waals surface area contributed by atoms with Gasteiger partial charge in [-0.25, -0.2) is 0 Å². The molecular formula is C16H15ClO2. The van der Waals surface area contributed by atoms with E-state index in [1.54, 1.807) is 25.3 Å². The van der Waals surface area contributed by atoms with Crippen LogP contribution in [-0.4, -0.2) is 12.9 Å². The standard InChI is InChI=1S/C16H15ClO2/c1-3-11-5-4-6-12(9-11)16(18)14-10-13(17)7-8-15(14)19-2/h4-10H,3H2,1-2H3. The van der Waals surface area contributed by atoms with Gasteiger partial charge in [-0.1, -0.05) is 36.7 Å². The molecule has 2 rings (SSSR count). The second kappa shape index (κ2) is 5.89. The van der Waals surface area contributed by atoms with Gasteiger partial charge in [0.2, 0.25) is 0 Å². The van der Waals surface area contributed by atoms with E-state index in [1.807, 2.05) is 24.3 Å². The van der Waals surface area contributed by atoms with Crippen LogP contribution >= 0.6 is 11.6 Å². The number of rotatable bonds is 4. The Kier molecular flexibility index (Phi) is 4.23. The van der Waals surface area contributed by atoms with E-state index in [1.165, 1.54) is 0 Å². The Morgan fingerprint density at radius 1 is 1.21 bits per heavy atom. The number of methoxy groups -OCH3 is 1. The molecule has 0 aliphatic rings. The molecule has 0 amide bonds. The molecule has 0 aliphatic carbocycles. The first-order valence-electron chi connectivity index (χ1n) is 6.13. The van der Waals surface area contributed by atoms with Crippen molar-refractivity contribution in [1.29, 1.82) is 0 Å². The van der Waals surface area contributed by atoms with Gasteiger partial charge in [-0.15, -0.1) is 0 Å². The highest BCUT2D eigenvalue weighted by Crippen LogP contribution is 2.25. The summed E-state index contributed by atoms with van der Waals surface area (Å²) in [6.45, 7) is 2.06. The van der Waals surface area contributed by atoms with Gasteiger partial charge in [0.1, 0.15) is 5.75 Å². The predicted molar refractivity (Wildman–Crippen MR) is 77.3 cm³/mol. The normalized spacial score (nSPS) is 10.3. The second-order valence-corrected chi connectivity index (χ2v) is 4.66. The summed E-state index contributed by atoms with van der Waals surface area (Å²) >= 11 is 5.96. The van der Waals surface area contributed by atoms with Crippen molar-refractivity contribution in [2.75, 3.05) is 7.11 Å². The Morgan fingerprint density at radius 3 is 2.68 bits per heavy atom. The van der Waals surface area contributed by atoms with Gasteiger partial charge in [-0.05, 0) is 36.2 Å². The second-order valence-electron chi connectivity index (χ2n) is 4.23. The molecule has 0 spiro atoms. The van der Waals surface area contributed by atoms with Gasteiger partial charge >= 0.3 is 0 Å². The van der Waals surface area contributed by atoms with Crippen LogP contribution in [0.25, 0.3) is 0 Å². The van der Waals surface area contributed by atoms with Gasteiger partial charge in [0.15, 0.2) is 5.78 Å². The first-order chi connectivity index (χ1) is 9.15. The number of benzene rings is 2. The van der Waals surface area contributed by atoms with Crippen molar-refractivity contribution in [3.63, 3.8) is 0 Å². The number of aryl methyl sites for hydroxylation is 1. The zero-order valence-corrected chi connectivity index (χ0v) is 11.7. The maximum atomic E-state index is 12.5. The SMILES string of the molecule is CCc1cccc(C(=O)c2cc(Cl)ccc2OC)c1. The minimum Gasteiger partial charge on any atom is -0.496 e. The molecule has 0 aliphatic heterocycles. The largest absolute Gasteiger partial charge is 0.496 e. The molecule has 98 valence electrons.